The molecule has 0 aliphatic carbocycles. The molecular weight excluding hydrogens is 492 g/mol. The first-order valence-corrected chi connectivity index (χ1v) is 13.7. The number of ether oxygens (including phenoxy) is 5. The van der Waals surface area contributed by atoms with Crippen LogP contribution in [0.3, 0.4) is 0 Å². The molecule has 0 saturated carbocycles. The Labute approximate surface area is 231 Å². The van der Waals surface area contributed by atoms with Gasteiger partial charge < -0.3 is 23.7 Å². The number of Topliss-reactive ketones (excluding diaryl/α,β-unsaturated/α-hetero) is 1. The van der Waals surface area contributed by atoms with Gasteiger partial charge in [0.2, 0.25) is 0 Å². The molecule has 0 aromatic heterocycles. The number of carbonyl (C=O) groups is 1. The Morgan fingerprint density at radius 3 is 1.87 bits per heavy atom. The monoisotopic (exact) mass is 530 g/mol. The molecule has 0 spiro atoms. The summed E-state index contributed by atoms with van der Waals surface area (Å²) in [5.74, 6) is 0.112. The van der Waals surface area contributed by atoms with Crippen LogP contribution >= 0.6 is 0 Å². The van der Waals surface area contributed by atoms with E-state index in [4.69, 9.17) is 23.7 Å². The molecule has 5 rings (SSSR count). The third kappa shape index (κ3) is 7.02. The molecule has 0 N–H and O–H groups in total. The lowest BCUT2D eigenvalue weighted by Gasteiger charge is -2.49. The van der Waals surface area contributed by atoms with Crippen molar-refractivity contribution in [3.63, 3.8) is 0 Å². The van der Waals surface area contributed by atoms with Gasteiger partial charge in [-0.05, 0) is 11.1 Å². The maximum Gasteiger partial charge on any atom is 0.184 e. The molecule has 3 aromatic rings. The van der Waals surface area contributed by atoms with Gasteiger partial charge in [0.15, 0.2) is 6.29 Å². The van der Waals surface area contributed by atoms with E-state index in [0.29, 0.717) is 19.8 Å². The van der Waals surface area contributed by atoms with Crippen molar-refractivity contribution in [1.82, 2.24) is 0 Å². The highest BCUT2D eigenvalue weighted by Gasteiger charge is 2.52. The van der Waals surface area contributed by atoms with Crippen molar-refractivity contribution in [2.24, 2.45) is 5.41 Å². The maximum atomic E-state index is 13.2. The van der Waals surface area contributed by atoms with E-state index in [1.54, 1.807) is 0 Å². The van der Waals surface area contributed by atoms with Crippen LogP contribution in [0.1, 0.15) is 50.2 Å². The summed E-state index contributed by atoms with van der Waals surface area (Å²) in [5.41, 5.74) is 2.53. The summed E-state index contributed by atoms with van der Waals surface area (Å²) < 4.78 is 32.4. The summed E-state index contributed by atoms with van der Waals surface area (Å²) in [7, 11) is 0. The van der Waals surface area contributed by atoms with Crippen LogP contribution in [-0.4, -0.2) is 42.9 Å². The van der Waals surface area contributed by atoms with E-state index in [1.165, 1.54) is 0 Å². The Morgan fingerprint density at radius 2 is 1.31 bits per heavy atom. The number of benzene rings is 3. The fraction of sp³-hybridized carbons (Fsp3) is 0.424. The quantitative estimate of drug-likeness (QED) is 0.336. The second-order valence-electron chi connectivity index (χ2n) is 11.3. The Morgan fingerprint density at radius 1 is 0.769 bits per heavy atom. The minimum atomic E-state index is -0.540. The molecule has 6 nitrogen and oxygen atoms in total. The first kappa shape index (κ1) is 27.7. The number of fused-ring (bicyclic) bond motifs is 1. The van der Waals surface area contributed by atoms with Crippen LogP contribution in [0.15, 0.2) is 91.0 Å². The number of rotatable bonds is 9. The third-order valence-corrected chi connectivity index (χ3v) is 7.29. The van der Waals surface area contributed by atoms with Crippen molar-refractivity contribution in [3.05, 3.63) is 108 Å². The highest BCUT2D eigenvalue weighted by molar-refractivity contribution is 5.84. The van der Waals surface area contributed by atoms with E-state index < -0.39 is 36.1 Å². The Kier molecular flexibility index (Phi) is 8.90. The van der Waals surface area contributed by atoms with Gasteiger partial charge in [0.1, 0.15) is 30.2 Å². The zero-order valence-corrected chi connectivity index (χ0v) is 22.9. The average molecular weight is 531 g/mol. The van der Waals surface area contributed by atoms with Crippen LogP contribution in [0, 0.1) is 5.41 Å². The molecule has 1 unspecified atom stereocenters. The summed E-state index contributed by atoms with van der Waals surface area (Å²) in [6.07, 6.45) is -2.63. The van der Waals surface area contributed by atoms with Crippen molar-refractivity contribution >= 4 is 5.78 Å². The smallest absolute Gasteiger partial charge is 0.184 e. The summed E-state index contributed by atoms with van der Waals surface area (Å²) in [4.78, 5) is 13.2. The second-order valence-corrected chi connectivity index (χ2v) is 11.3. The van der Waals surface area contributed by atoms with E-state index in [9.17, 15) is 4.79 Å². The van der Waals surface area contributed by atoms with Gasteiger partial charge in [-0.15, -0.1) is 0 Å². The molecule has 0 amide bonds. The van der Waals surface area contributed by atoms with E-state index in [2.05, 4.69) is 0 Å². The maximum absolute atomic E-state index is 13.2. The molecule has 3 aromatic carbocycles. The van der Waals surface area contributed by atoms with Crippen LogP contribution in [0.4, 0.5) is 0 Å². The average Bonchev–Trinajstić information content (AvgIpc) is 2.96. The van der Waals surface area contributed by atoms with Gasteiger partial charge in [0.25, 0.3) is 0 Å². The van der Waals surface area contributed by atoms with Gasteiger partial charge in [-0.1, -0.05) is 112 Å². The fourth-order valence-electron chi connectivity index (χ4n) is 5.02. The van der Waals surface area contributed by atoms with E-state index in [-0.39, 0.29) is 18.3 Å². The zero-order chi connectivity index (χ0) is 27.2. The minimum absolute atomic E-state index is 0.112. The lowest BCUT2D eigenvalue weighted by molar-refractivity contribution is -0.339. The molecule has 2 saturated heterocycles. The van der Waals surface area contributed by atoms with Gasteiger partial charge in [-0.2, -0.15) is 0 Å². The molecule has 39 heavy (non-hydrogen) atoms. The minimum Gasteiger partial charge on any atom is -0.368 e. The molecule has 0 bridgehead atoms. The van der Waals surface area contributed by atoms with Crippen molar-refractivity contribution < 1.29 is 28.5 Å². The Balaban J connectivity index is 1.44. The highest BCUT2D eigenvalue weighted by Crippen LogP contribution is 2.38. The topological polar surface area (TPSA) is 63.2 Å². The van der Waals surface area contributed by atoms with Crippen molar-refractivity contribution in [1.29, 1.82) is 0 Å². The summed E-state index contributed by atoms with van der Waals surface area (Å²) in [6.45, 7) is 6.89. The lowest BCUT2D eigenvalue weighted by Crippen LogP contribution is -2.63. The first-order chi connectivity index (χ1) is 18.9. The number of hydrogen-bond acceptors (Lipinski definition) is 6. The number of carbonyl (C=O) groups excluding carboxylic acids is 1. The molecule has 2 fully saturated rings. The standard InChI is InChI=1S/C33H38O6/c1-33(2,3)28(34)19-26-29(35-20-23-13-7-4-8-14-23)31(36-21-24-15-9-5-10-16-24)30-27(38-26)22-37-32(39-30)25-17-11-6-12-18-25/h4-18,26-27,29-32H,19-22H2,1-3H3/t26-,27+,29+,30+,31+,32?/m0/s1. The van der Waals surface area contributed by atoms with Gasteiger partial charge in [-0.3, -0.25) is 4.79 Å². The highest BCUT2D eigenvalue weighted by atomic mass is 16.7. The van der Waals surface area contributed by atoms with E-state index in [1.807, 2.05) is 112 Å². The molecule has 0 radical (unpaired) electrons. The first-order valence-electron chi connectivity index (χ1n) is 13.7. The van der Waals surface area contributed by atoms with Gasteiger partial charge >= 0.3 is 0 Å². The van der Waals surface area contributed by atoms with Crippen molar-refractivity contribution in [3.8, 4) is 0 Å². The lowest BCUT2D eigenvalue weighted by atomic mass is 9.84. The second kappa shape index (κ2) is 12.5. The Hall–Kier alpha value is -2.87. The SMILES string of the molecule is CC(C)(C)C(=O)C[C@@H]1O[C@@H]2COC(c3ccccc3)O[C@H]2[C@H](OCc2ccccc2)[C@@H]1OCc1ccccc1. The third-order valence-electron chi connectivity index (χ3n) is 7.29. The normalized spacial score (nSPS) is 27.1. The molecular formula is C33H38O6. The Bertz CT molecular complexity index is 1180. The van der Waals surface area contributed by atoms with Crippen LogP contribution in [0.25, 0.3) is 0 Å². The molecule has 2 heterocycles. The predicted molar refractivity (Wildman–Crippen MR) is 148 cm³/mol. The molecule has 206 valence electrons. The molecule has 2 aliphatic rings. The van der Waals surface area contributed by atoms with Crippen molar-refractivity contribution in [2.45, 2.75) is 77.2 Å². The molecule has 2 aliphatic heterocycles. The van der Waals surface area contributed by atoms with Crippen LogP contribution in [0.5, 0.6) is 0 Å². The fourth-order valence-corrected chi connectivity index (χ4v) is 5.02. The van der Waals surface area contributed by atoms with Gasteiger partial charge in [0, 0.05) is 17.4 Å². The summed E-state index contributed by atoms with van der Waals surface area (Å²) >= 11 is 0. The van der Waals surface area contributed by atoms with Crippen LogP contribution < -0.4 is 0 Å². The van der Waals surface area contributed by atoms with Gasteiger partial charge in [-0.25, -0.2) is 0 Å². The number of hydrogen-bond donors (Lipinski definition) is 0. The largest absolute Gasteiger partial charge is 0.368 e. The number of ketones is 1. The molecule has 6 atom stereocenters. The van der Waals surface area contributed by atoms with Crippen LogP contribution in [-0.2, 0) is 41.7 Å². The van der Waals surface area contributed by atoms with Crippen LogP contribution in [0.2, 0.25) is 0 Å². The zero-order valence-electron chi connectivity index (χ0n) is 22.9. The molecule has 6 heteroatoms. The van der Waals surface area contributed by atoms with E-state index in [0.717, 1.165) is 16.7 Å². The predicted octanol–water partition coefficient (Wildman–Crippen LogP) is 6.04. The van der Waals surface area contributed by atoms with E-state index >= 15 is 0 Å². The van der Waals surface area contributed by atoms with Gasteiger partial charge in [0.05, 0.1) is 25.9 Å². The van der Waals surface area contributed by atoms with Crippen molar-refractivity contribution in [2.75, 3.05) is 6.61 Å². The summed E-state index contributed by atoms with van der Waals surface area (Å²) in [5, 5.41) is 0. The summed E-state index contributed by atoms with van der Waals surface area (Å²) in [6, 6.07) is 29.9.